The van der Waals surface area contributed by atoms with Gasteiger partial charge in [0.15, 0.2) is 0 Å². The highest BCUT2D eigenvalue weighted by atomic mass is 32.2. The fourth-order valence-corrected chi connectivity index (χ4v) is 21.0. The third-order valence-electron chi connectivity index (χ3n) is 21.7. The first kappa shape index (κ1) is 52.8. The molecule has 0 amide bonds. The monoisotopic (exact) mass is 1310 g/mol. The van der Waals surface area contributed by atoms with E-state index in [1.807, 2.05) is 22.7 Å². The van der Waals surface area contributed by atoms with Crippen molar-refractivity contribution in [1.82, 2.24) is 13.7 Å². The fraction of sp³-hybridized carbons (Fsp3) is 0.0120. The number of hydrogen-bond donors (Lipinski definition) is 1. The zero-order valence-corrected chi connectivity index (χ0v) is 54.6. The van der Waals surface area contributed by atoms with Gasteiger partial charge in [0.1, 0.15) is 46.0 Å². The van der Waals surface area contributed by atoms with Crippen LogP contribution in [0.3, 0.4) is 0 Å². The van der Waals surface area contributed by atoms with Gasteiger partial charge in [0.05, 0.1) is 61.5 Å². The normalized spacial score (nSPS) is 13.9. The summed E-state index contributed by atoms with van der Waals surface area (Å²) in [6.45, 7) is -0.639. The SMILES string of the molecule is CSN1c2cc3c(cc2B2c4sc5ccccc5c4Oc4cc(-n5c6ccccc6c6ccccc65)cc1c42)B1c2cc4c(cc2Oc2cc(-n5c6ccccc6c6ccccc65)cc(c21)O3)Nc1cc(-n2c3ccccc3c3ccccc32)cc2c1B4c1sc3ccccc3c1O2. The van der Waals surface area contributed by atoms with E-state index in [4.69, 9.17) is 18.9 Å². The highest BCUT2D eigenvalue weighted by Crippen LogP contribution is 2.49. The summed E-state index contributed by atoms with van der Waals surface area (Å²) in [6, 6.07) is 93.2. The Bertz CT molecular complexity index is 6580. The van der Waals surface area contributed by atoms with E-state index in [1.54, 1.807) is 11.9 Å². The zero-order valence-electron chi connectivity index (χ0n) is 52.1. The maximum Gasteiger partial charge on any atom is 0.268 e. The smallest absolute Gasteiger partial charge is 0.268 e. The van der Waals surface area contributed by atoms with Crippen LogP contribution in [-0.4, -0.2) is 40.1 Å². The van der Waals surface area contributed by atoms with Crippen molar-refractivity contribution in [3.8, 4) is 63.1 Å². The van der Waals surface area contributed by atoms with Gasteiger partial charge in [0.2, 0.25) is 0 Å². The lowest BCUT2D eigenvalue weighted by molar-refractivity contribution is 0.464. The molecule has 0 unspecified atom stereocenters. The Morgan fingerprint density at radius 3 is 1.18 bits per heavy atom. The molecule has 0 bridgehead atoms. The van der Waals surface area contributed by atoms with Crippen LogP contribution < -0.4 is 76.4 Å². The minimum absolute atomic E-state index is 0.164. The minimum Gasteiger partial charge on any atom is -0.458 e. The van der Waals surface area contributed by atoms with Crippen molar-refractivity contribution in [1.29, 1.82) is 0 Å². The van der Waals surface area contributed by atoms with Crippen LogP contribution >= 0.6 is 34.6 Å². The molecule has 0 saturated carbocycles. The molecule has 0 radical (unpaired) electrons. The third-order valence-corrected chi connectivity index (χ3v) is 24.9. The predicted octanol–water partition coefficient (Wildman–Crippen LogP) is 16.2. The van der Waals surface area contributed by atoms with Crippen molar-refractivity contribution in [3.05, 3.63) is 255 Å². The van der Waals surface area contributed by atoms with Crippen molar-refractivity contribution < 1.29 is 18.9 Å². The predicted molar refractivity (Wildman–Crippen MR) is 412 cm³/mol. The number of fused-ring (bicyclic) bond motifs is 25. The van der Waals surface area contributed by atoms with Crippen molar-refractivity contribution >= 4 is 211 Å². The van der Waals surface area contributed by atoms with Gasteiger partial charge in [-0.25, -0.2) is 0 Å². The number of hydrogen-bond acceptors (Lipinski definition) is 9. The molecule has 0 atom stereocenters. The molecule has 0 saturated heterocycles. The molecule has 6 aliphatic heterocycles. The van der Waals surface area contributed by atoms with E-state index in [2.05, 4.69) is 284 Å². The van der Waals surface area contributed by atoms with Crippen LogP contribution in [0.25, 0.3) is 103 Å². The van der Waals surface area contributed by atoms with E-state index in [9.17, 15) is 0 Å². The molecule has 0 aliphatic carbocycles. The van der Waals surface area contributed by atoms with Gasteiger partial charge in [-0.1, -0.05) is 146 Å². The second kappa shape index (κ2) is 19.0. The first-order valence-electron chi connectivity index (χ1n) is 33.2. The second-order valence-corrected chi connectivity index (χ2v) is 29.5. The number of para-hydroxylation sites is 6. The van der Waals surface area contributed by atoms with Gasteiger partial charge in [0.25, 0.3) is 20.1 Å². The van der Waals surface area contributed by atoms with Crippen molar-refractivity contribution in [2.75, 3.05) is 15.9 Å². The maximum absolute atomic E-state index is 7.67. The maximum atomic E-state index is 7.67. The quantitative estimate of drug-likeness (QED) is 0.139. The topological polar surface area (TPSA) is 67.0 Å². The van der Waals surface area contributed by atoms with Gasteiger partial charge < -0.3 is 38.0 Å². The van der Waals surface area contributed by atoms with Crippen molar-refractivity contribution in [2.24, 2.45) is 0 Å². The number of thiophene rings is 2. The molecule has 13 aromatic carbocycles. The van der Waals surface area contributed by atoms with Gasteiger partial charge in [-0.2, -0.15) is 0 Å². The third kappa shape index (κ3) is 6.80. The average Bonchev–Trinajstić information content (AvgIpc) is 1.03. The van der Waals surface area contributed by atoms with Gasteiger partial charge in [-0.15, -0.1) is 22.7 Å². The van der Waals surface area contributed by atoms with E-state index in [0.29, 0.717) is 0 Å². The highest BCUT2D eigenvalue weighted by molar-refractivity contribution is 8.00. The number of nitrogens with zero attached hydrogens (tertiary/aromatic N) is 4. The largest absolute Gasteiger partial charge is 0.458 e. The lowest BCUT2D eigenvalue weighted by Crippen LogP contribution is -2.63. The van der Waals surface area contributed by atoms with E-state index in [0.717, 1.165) is 157 Å². The number of aromatic nitrogens is 3. The highest BCUT2D eigenvalue weighted by Gasteiger charge is 2.50. The van der Waals surface area contributed by atoms with E-state index < -0.39 is 0 Å². The van der Waals surface area contributed by atoms with Crippen LogP contribution in [-0.2, 0) is 0 Å². The Hall–Kier alpha value is -11.5. The molecule has 24 rings (SSSR count). The summed E-state index contributed by atoms with van der Waals surface area (Å²) in [4.78, 5) is 0. The molecule has 454 valence electrons. The second-order valence-electron chi connectivity index (χ2n) is 26.6. The van der Waals surface area contributed by atoms with Gasteiger partial charge in [-0.05, 0) is 118 Å². The Kier molecular flexibility index (Phi) is 10.2. The molecule has 15 heteroatoms. The number of benzene rings is 13. The summed E-state index contributed by atoms with van der Waals surface area (Å²) in [5, 5.41) is 13.5. The number of ether oxygens (including phenoxy) is 4. The van der Waals surface area contributed by atoms with E-state index in [-0.39, 0.29) is 20.1 Å². The van der Waals surface area contributed by atoms with Crippen molar-refractivity contribution in [3.63, 3.8) is 0 Å². The van der Waals surface area contributed by atoms with Crippen LogP contribution in [0.4, 0.5) is 22.7 Å². The Labute approximate surface area is 573 Å². The van der Waals surface area contributed by atoms with Gasteiger partial charge >= 0.3 is 0 Å². The standard InChI is InChI=1S/C83H46B3N5O4S3/c1-96-91-67-43-70-58(41-56(67)86-78-68(91)35-45(37-72(78)95-81-54-25-9-17-33-76(54)98-83(81)86)89-63-28-12-4-20-49(63)50-21-5-13-29-64(50)89)84-57-40-55-59(42-69(57)92-73-38-46(39-74(93-70)79(73)84)90-65-30-14-6-22-51(65)52-23-7-15-31-66(52)90)87-60-34-44(88-61-26-10-2-18-47(61)48-19-3-11-27-62(48)88)36-71-77(60)85(55)82-80(94-71)53-24-8-16-32-75(53)97-82/h2-43,87H,1H3. The van der Waals surface area contributed by atoms with Crippen molar-refractivity contribution in [2.45, 2.75) is 0 Å². The molecule has 11 heterocycles. The fourth-order valence-electron chi connectivity index (χ4n) is 17.8. The molecule has 5 aromatic heterocycles. The summed E-state index contributed by atoms with van der Waals surface area (Å²) in [5.41, 5.74) is 21.8. The molecule has 0 spiro atoms. The molecule has 6 aliphatic rings. The molecular weight excluding hydrogens is 1260 g/mol. The lowest BCUT2D eigenvalue weighted by Gasteiger charge is -2.40. The summed E-state index contributed by atoms with van der Waals surface area (Å²) >= 11 is 5.39. The molecule has 18 aromatic rings. The van der Waals surface area contributed by atoms with Crippen LogP contribution in [0.2, 0.25) is 0 Å². The van der Waals surface area contributed by atoms with Crippen LogP contribution in [0.5, 0.6) is 46.0 Å². The first-order valence-corrected chi connectivity index (χ1v) is 36.1. The van der Waals surface area contributed by atoms with Crippen LogP contribution in [0.1, 0.15) is 0 Å². The Balaban J connectivity index is 0.753. The summed E-state index contributed by atoms with van der Waals surface area (Å²) in [7, 11) is 0. The number of anilines is 4. The van der Waals surface area contributed by atoms with Gasteiger partial charge in [-0.3, -0.25) is 4.31 Å². The van der Waals surface area contributed by atoms with Crippen LogP contribution in [0.15, 0.2) is 255 Å². The molecular formula is C83H46B3N5O4S3. The average molecular weight is 1310 g/mol. The lowest BCUT2D eigenvalue weighted by atomic mass is 9.31. The molecule has 0 fully saturated rings. The molecule has 98 heavy (non-hydrogen) atoms. The minimum atomic E-state index is -0.307. The first-order chi connectivity index (χ1) is 48.5. The Morgan fingerprint density at radius 1 is 0.316 bits per heavy atom. The summed E-state index contributed by atoms with van der Waals surface area (Å²) in [6.07, 6.45) is 2.19. The molecule has 1 N–H and O–H groups in total. The van der Waals surface area contributed by atoms with Crippen LogP contribution in [0, 0.1) is 0 Å². The van der Waals surface area contributed by atoms with E-state index >= 15 is 0 Å². The summed E-state index contributed by atoms with van der Waals surface area (Å²) in [5.74, 6) is 6.68. The number of rotatable bonds is 4. The number of nitrogens with one attached hydrogen (secondary N) is 1. The van der Waals surface area contributed by atoms with E-state index in [1.165, 1.54) is 62.2 Å². The van der Waals surface area contributed by atoms with Gasteiger partial charge in [0, 0.05) is 122 Å². The Morgan fingerprint density at radius 2 is 0.704 bits per heavy atom. The molecule has 9 nitrogen and oxygen atoms in total. The zero-order chi connectivity index (χ0) is 63.5. The summed E-state index contributed by atoms with van der Waals surface area (Å²) < 4.78 is 44.4.